The summed E-state index contributed by atoms with van der Waals surface area (Å²) in [5, 5.41) is 0. The lowest BCUT2D eigenvalue weighted by Crippen LogP contribution is -2.11. The monoisotopic (exact) mass is 209 g/mol. The van der Waals surface area contributed by atoms with Gasteiger partial charge < -0.3 is 8.85 Å². The van der Waals surface area contributed by atoms with Gasteiger partial charge in [-0.2, -0.15) is 0 Å². The molecule has 0 spiro atoms. The van der Waals surface area contributed by atoms with E-state index in [0.29, 0.717) is 0 Å². The summed E-state index contributed by atoms with van der Waals surface area (Å²) in [6.07, 6.45) is 0. The summed E-state index contributed by atoms with van der Waals surface area (Å²) >= 11 is 0. The summed E-state index contributed by atoms with van der Waals surface area (Å²) < 4.78 is 10.3. The summed E-state index contributed by atoms with van der Waals surface area (Å²) in [4.78, 5) is 0. The van der Waals surface area contributed by atoms with E-state index >= 15 is 0 Å². The molecule has 0 saturated carbocycles. The van der Waals surface area contributed by atoms with Crippen LogP contribution in [0.5, 0.6) is 5.75 Å². The maximum absolute atomic E-state index is 5.38. The Morgan fingerprint density at radius 2 is 1.64 bits per heavy atom. The molecule has 0 heterocycles. The zero-order chi connectivity index (χ0) is 10.6. The van der Waals surface area contributed by atoms with E-state index in [-0.39, 0.29) is 15.4 Å². The molecule has 1 aromatic carbocycles. The Kier molecular flexibility index (Phi) is 3.72. The molecule has 0 unspecified atom stereocenters. The molecule has 0 amide bonds. The first kappa shape index (κ1) is 11.3. The standard InChI is InChI=1S/C11H17O2Si/c1-11(2,3)9-5-7-10(8-6-9)13-14-12-4/h5-8,14H,1-4H3. The molecule has 1 radical (unpaired) electrons. The van der Waals surface area contributed by atoms with Crippen molar-refractivity contribution in [2.24, 2.45) is 0 Å². The molecule has 0 bridgehead atoms. The second-order valence-corrected chi connectivity index (χ2v) is 5.12. The van der Waals surface area contributed by atoms with E-state index in [0.717, 1.165) is 5.75 Å². The second kappa shape index (κ2) is 4.62. The van der Waals surface area contributed by atoms with Crippen molar-refractivity contribution in [1.29, 1.82) is 0 Å². The van der Waals surface area contributed by atoms with Crippen LogP contribution in [0.1, 0.15) is 26.3 Å². The van der Waals surface area contributed by atoms with Crippen molar-refractivity contribution in [1.82, 2.24) is 0 Å². The molecule has 77 valence electrons. The molecule has 0 aliphatic rings. The van der Waals surface area contributed by atoms with Gasteiger partial charge in [-0.05, 0) is 23.1 Å². The van der Waals surface area contributed by atoms with Crippen molar-refractivity contribution in [3.05, 3.63) is 29.8 Å². The van der Waals surface area contributed by atoms with Gasteiger partial charge in [0.05, 0.1) is 0 Å². The number of rotatable bonds is 3. The lowest BCUT2D eigenvalue weighted by atomic mass is 9.87. The summed E-state index contributed by atoms with van der Waals surface area (Å²) in [6.45, 7) is 6.59. The molecule has 0 atom stereocenters. The molecule has 1 rings (SSSR count). The highest BCUT2D eigenvalue weighted by molar-refractivity contribution is 6.19. The van der Waals surface area contributed by atoms with Crippen molar-refractivity contribution in [3.63, 3.8) is 0 Å². The maximum Gasteiger partial charge on any atom is 0.437 e. The van der Waals surface area contributed by atoms with Gasteiger partial charge in [-0.15, -0.1) is 0 Å². The Balaban J connectivity index is 2.69. The predicted octanol–water partition coefficient (Wildman–Crippen LogP) is 2.28. The van der Waals surface area contributed by atoms with E-state index in [2.05, 4.69) is 32.9 Å². The molecular formula is C11H17O2Si. The molecule has 0 aliphatic heterocycles. The fourth-order valence-electron chi connectivity index (χ4n) is 1.14. The fourth-order valence-corrected chi connectivity index (χ4v) is 1.50. The van der Waals surface area contributed by atoms with E-state index in [1.807, 2.05) is 12.1 Å². The van der Waals surface area contributed by atoms with Crippen LogP contribution >= 0.6 is 0 Å². The molecule has 0 N–H and O–H groups in total. The first-order valence-corrected chi connectivity index (χ1v) is 5.60. The molecule has 3 heteroatoms. The van der Waals surface area contributed by atoms with E-state index in [4.69, 9.17) is 8.85 Å². The van der Waals surface area contributed by atoms with Crippen LogP contribution in [0.4, 0.5) is 0 Å². The minimum absolute atomic E-state index is 0.201. The minimum atomic E-state index is -0.374. The van der Waals surface area contributed by atoms with Gasteiger partial charge in [-0.25, -0.2) is 0 Å². The van der Waals surface area contributed by atoms with Crippen molar-refractivity contribution in [2.75, 3.05) is 7.11 Å². The van der Waals surface area contributed by atoms with Gasteiger partial charge in [-0.1, -0.05) is 32.9 Å². The lowest BCUT2D eigenvalue weighted by molar-refractivity contribution is 0.366. The van der Waals surface area contributed by atoms with E-state index in [1.54, 1.807) is 7.11 Å². The quantitative estimate of drug-likeness (QED) is 0.711. The van der Waals surface area contributed by atoms with Crippen LogP contribution in [0.25, 0.3) is 0 Å². The Labute approximate surface area is 88.3 Å². The van der Waals surface area contributed by atoms with Gasteiger partial charge in [0.2, 0.25) is 0 Å². The Morgan fingerprint density at radius 3 is 2.07 bits per heavy atom. The molecular weight excluding hydrogens is 192 g/mol. The highest BCUT2D eigenvalue weighted by Crippen LogP contribution is 2.23. The third-order valence-electron chi connectivity index (χ3n) is 2.00. The van der Waals surface area contributed by atoms with Crippen LogP contribution in [-0.4, -0.2) is 17.1 Å². The first-order chi connectivity index (χ1) is 6.54. The van der Waals surface area contributed by atoms with Gasteiger partial charge in [0.15, 0.2) is 0 Å². The van der Waals surface area contributed by atoms with Crippen molar-refractivity contribution < 1.29 is 8.85 Å². The van der Waals surface area contributed by atoms with Crippen molar-refractivity contribution in [2.45, 2.75) is 26.2 Å². The topological polar surface area (TPSA) is 18.5 Å². The number of benzene rings is 1. The third kappa shape index (κ3) is 3.16. The Bertz CT molecular complexity index is 274. The van der Waals surface area contributed by atoms with Crippen LogP contribution in [0.2, 0.25) is 0 Å². The SMILES string of the molecule is CO[SiH]Oc1ccc(C(C)(C)C)cc1. The first-order valence-electron chi connectivity index (χ1n) is 4.66. The van der Waals surface area contributed by atoms with Gasteiger partial charge in [-0.3, -0.25) is 0 Å². The largest absolute Gasteiger partial charge is 0.521 e. The van der Waals surface area contributed by atoms with Crippen molar-refractivity contribution >= 4 is 10.0 Å². The highest BCUT2D eigenvalue weighted by Gasteiger charge is 2.12. The third-order valence-corrected chi connectivity index (χ3v) is 2.56. The van der Waals surface area contributed by atoms with Gasteiger partial charge in [0.1, 0.15) is 5.75 Å². The van der Waals surface area contributed by atoms with Crippen LogP contribution in [0.3, 0.4) is 0 Å². The van der Waals surface area contributed by atoms with E-state index < -0.39 is 0 Å². The highest BCUT2D eigenvalue weighted by atomic mass is 28.3. The smallest absolute Gasteiger partial charge is 0.437 e. The molecule has 2 nitrogen and oxygen atoms in total. The molecule has 14 heavy (non-hydrogen) atoms. The van der Waals surface area contributed by atoms with Gasteiger partial charge in [0, 0.05) is 7.11 Å². The molecule has 1 aromatic rings. The summed E-state index contributed by atoms with van der Waals surface area (Å²) in [5.74, 6) is 0.884. The van der Waals surface area contributed by atoms with E-state index in [9.17, 15) is 0 Å². The Morgan fingerprint density at radius 1 is 1.07 bits per heavy atom. The molecule has 0 aromatic heterocycles. The van der Waals surface area contributed by atoms with Crippen molar-refractivity contribution in [3.8, 4) is 5.75 Å². The van der Waals surface area contributed by atoms with E-state index in [1.165, 1.54) is 5.56 Å². The maximum atomic E-state index is 5.38. The molecule has 0 saturated heterocycles. The predicted molar refractivity (Wildman–Crippen MR) is 59.9 cm³/mol. The van der Waals surface area contributed by atoms with Gasteiger partial charge in [0.25, 0.3) is 0 Å². The van der Waals surface area contributed by atoms with Crippen LogP contribution < -0.4 is 4.43 Å². The zero-order valence-corrected chi connectivity index (χ0v) is 10.4. The lowest BCUT2D eigenvalue weighted by Gasteiger charge is -2.19. The second-order valence-electron chi connectivity index (χ2n) is 4.22. The Hall–Kier alpha value is -0.803. The summed E-state index contributed by atoms with van der Waals surface area (Å²) in [7, 11) is 1.28. The molecule has 0 aliphatic carbocycles. The number of hydrogen-bond acceptors (Lipinski definition) is 2. The molecule has 0 fully saturated rings. The minimum Gasteiger partial charge on any atom is -0.521 e. The van der Waals surface area contributed by atoms with Crippen LogP contribution in [0.15, 0.2) is 24.3 Å². The van der Waals surface area contributed by atoms with Crippen LogP contribution in [-0.2, 0) is 9.84 Å². The normalized spacial score (nSPS) is 11.4. The fraction of sp³-hybridized carbons (Fsp3) is 0.455. The average Bonchev–Trinajstić information content (AvgIpc) is 2.14. The van der Waals surface area contributed by atoms with Crippen LogP contribution in [0, 0.1) is 0 Å². The average molecular weight is 209 g/mol. The van der Waals surface area contributed by atoms with Gasteiger partial charge >= 0.3 is 10.0 Å². The summed E-state index contributed by atoms with van der Waals surface area (Å²) in [5.41, 5.74) is 1.52. The zero-order valence-electron chi connectivity index (χ0n) is 9.20. The number of hydrogen-bond donors (Lipinski definition) is 0. The summed E-state index contributed by atoms with van der Waals surface area (Å²) in [6, 6.07) is 8.19.